The zero-order valence-corrected chi connectivity index (χ0v) is 12.1. The van der Waals surface area contributed by atoms with E-state index in [-0.39, 0.29) is 18.6 Å². The average Bonchev–Trinajstić information content (AvgIpc) is 2.82. The maximum absolute atomic E-state index is 11.7. The maximum Gasteiger partial charge on any atom is 0.230 e. The lowest BCUT2D eigenvalue weighted by atomic mass is 10.2. The topological polar surface area (TPSA) is 58.6 Å². The fourth-order valence-electron chi connectivity index (χ4n) is 1.46. The van der Waals surface area contributed by atoms with Gasteiger partial charge < -0.3 is 15.2 Å². The molecule has 0 bridgehead atoms. The van der Waals surface area contributed by atoms with E-state index in [9.17, 15) is 4.79 Å². The Morgan fingerprint density at radius 1 is 1.67 bits per heavy atom. The number of ether oxygens (including phenoxy) is 1. The van der Waals surface area contributed by atoms with Crippen LogP contribution < -0.4 is 5.32 Å². The van der Waals surface area contributed by atoms with Gasteiger partial charge in [-0.25, -0.2) is 0 Å². The number of thiophene rings is 1. The first-order chi connectivity index (χ1) is 8.76. The zero-order chi connectivity index (χ0) is 13.2. The van der Waals surface area contributed by atoms with Crippen molar-refractivity contribution < 1.29 is 14.6 Å². The summed E-state index contributed by atoms with van der Waals surface area (Å²) in [4.78, 5) is 12.9. The van der Waals surface area contributed by atoms with Gasteiger partial charge in [-0.3, -0.25) is 4.79 Å². The quantitative estimate of drug-likeness (QED) is 0.723. The largest absolute Gasteiger partial charge is 0.396 e. The number of carbonyl (C=O) groups is 1. The normalized spacial score (nSPS) is 12.3. The van der Waals surface area contributed by atoms with Gasteiger partial charge in [0.05, 0.1) is 18.4 Å². The first-order valence-electron chi connectivity index (χ1n) is 5.75. The average molecular weight is 289 g/mol. The number of aliphatic hydroxyl groups is 1. The number of nitrogens with one attached hydrogen (secondary N) is 1. The number of methoxy groups -OCH3 is 1. The Hall–Kier alpha value is -0.560. The van der Waals surface area contributed by atoms with Crippen LogP contribution in [0.25, 0.3) is 0 Å². The fourth-order valence-corrected chi connectivity index (χ4v) is 3.14. The van der Waals surface area contributed by atoms with Crippen molar-refractivity contribution in [1.82, 2.24) is 5.32 Å². The predicted octanol–water partition coefficient (Wildman–Crippen LogP) is 1.49. The van der Waals surface area contributed by atoms with Crippen LogP contribution in [-0.4, -0.2) is 43.1 Å². The molecule has 0 aliphatic carbocycles. The van der Waals surface area contributed by atoms with Crippen molar-refractivity contribution in [1.29, 1.82) is 0 Å². The minimum atomic E-state index is -0.102. The summed E-state index contributed by atoms with van der Waals surface area (Å²) in [5.41, 5.74) is 0. The Balaban J connectivity index is 2.18. The molecule has 1 atom stereocenters. The van der Waals surface area contributed by atoms with Crippen LogP contribution in [-0.2, 0) is 15.3 Å². The molecule has 1 amide bonds. The molecule has 0 fully saturated rings. The molecular formula is C12H19NO3S2. The highest BCUT2D eigenvalue weighted by Crippen LogP contribution is 2.16. The van der Waals surface area contributed by atoms with E-state index in [0.717, 1.165) is 5.75 Å². The minimum Gasteiger partial charge on any atom is -0.396 e. The third-order valence-corrected chi connectivity index (χ3v) is 4.31. The molecule has 1 aromatic heterocycles. The second-order valence-corrected chi connectivity index (χ2v) is 5.82. The molecule has 1 aromatic rings. The molecule has 0 spiro atoms. The highest BCUT2D eigenvalue weighted by atomic mass is 32.2. The molecule has 0 saturated heterocycles. The van der Waals surface area contributed by atoms with Crippen LogP contribution in [0.4, 0.5) is 0 Å². The van der Waals surface area contributed by atoms with Crippen molar-refractivity contribution in [2.75, 3.05) is 26.1 Å². The summed E-state index contributed by atoms with van der Waals surface area (Å²) in [5.74, 6) is 1.29. The molecule has 1 heterocycles. The number of hydrogen-bond donors (Lipinski definition) is 2. The Morgan fingerprint density at radius 2 is 2.50 bits per heavy atom. The third kappa shape index (κ3) is 6.39. The van der Waals surface area contributed by atoms with Crippen molar-refractivity contribution >= 4 is 29.0 Å². The second-order valence-electron chi connectivity index (χ2n) is 3.80. The van der Waals surface area contributed by atoms with Gasteiger partial charge in [0.25, 0.3) is 0 Å². The first-order valence-corrected chi connectivity index (χ1v) is 7.79. The summed E-state index contributed by atoms with van der Waals surface area (Å²) in [6, 6.07) is 3.97. The van der Waals surface area contributed by atoms with Crippen LogP contribution in [0.2, 0.25) is 0 Å². The minimum absolute atomic E-state index is 0.00736. The van der Waals surface area contributed by atoms with E-state index in [2.05, 4.69) is 11.4 Å². The second kappa shape index (κ2) is 9.38. The van der Waals surface area contributed by atoms with Gasteiger partial charge in [0.2, 0.25) is 5.91 Å². The lowest BCUT2D eigenvalue weighted by Gasteiger charge is -2.16. The Labute approximate surface area is 116 Å². The van der Waals surface area contributed by atoms with E-state index in [1.54, 1.807) is 30.2 Å². The highest BCUT2D eigenvalue weighted by Gasteiger charge is 2.11. The van der Waals surface area contributed by atoms with Crippen LogP contribution in [0.5, 0.6) is 0 Å². The number of carbonyl (C=O) groups excluding carboxylic acids is 1. The van der Waals surface area contributed by atoms with E-state index >= 15 is 0 Å². The van der Waals surface area contributed by atoms with Crippen LogP contribution in [0, 0.1) is 0 Å². The summed E-state index contributed by atoms with van der Waals surface area (Å²) in [7, 11) is 1.59. The smallest absolute Gasteiger partial charge is 0.230 e. The van der Waals surface area contributed by atoms with E-state index < -0.39 is 0 Å². The van der Waals surface area contributed by atoms with E-state index in [4.69, 9.17) is 9.84 Å². The lowest BCUT2D eigenvalue weighted by Crippen LogP contribution is -2.39. The van der Waals surface area contributed by atoms with Crippen molar-refractivity contribution in [2.45, 2.75) is 18.2 Å². The van der Waals surface area contributed by atoms with Gasteiger partial charge in [0.15, 0.2) is 0 Å². The van der Waals surface area contributed by atoms with Crippen LogP contribution >= 0.6 is 23.1 Å². The number of amides is 1. The standard InChI is InChI=1S/C12H19NO3S2/c1-16-7-10(4-5-14)13-12(15)9-17-8-11-3-2-6-18-11/h2-3,6,10,14H,4-5,7-9H2,1H3,(H,13,15). The summed E-state index contributed by atoms with van der Waals surface area (Å²) in [6.07, 6.45) is 0.523. The lowest BCUT2D eigenvalue weighted by molar-refractivity contribution is -0.119. The molecule has 0 aliphatic heterocycles. The molecule has 0 radical (unpaired) electrons. The van der Waals surface area contributed by atoms with Crippen molar-refractivity contribution in [3.63, 3.8) is 0 Å². The number of thioether (sulfide) groups is 1. The van der Waals surface area contributed by atoms with Crippen molar-refractivity contribution in [3.05, 3.63) is 22.4 Å². The van der Waals surface area contributed by atoms with E-state index in [1.807, 2.05) is 11.4 Å². The summed E-state index contributed by atoms with van der Waals surface area (Å²) >= 11 is 3.29. The summed E-state index contributed by atoms with van der Waals surface area (Å²) in [5, 5.41) is 13.8. The van der Waals surface area contributed by atoms with Gasteiger partial charge in [-0.2, -0.15) is 0 Å². The Bertz CT molecular complexity index is 324. The molecule has 0 saturated carbocycles. The molecule has 1 rings (SSSR count). The predicted molar refractivity (Wildman–Crippen MR) is 76.0 cm³/mol. The monoisotopic (exact) mass is 289 g/mol. The molecule has 18 heavy (non-hydrogen) atoms. The fraction of sp³-hybridized carbons (Fsp3) is 0.583. The molecular weight excluding hydrogens is 270 g/mol. The molecule has 6 heteroatoms. The first kappa shape index (κ1) is 15.5. The van der Waals surface area contributed by atoms with E-state index in [1.165, 1.54) is 4.88 Å². The van der Waals surface area contributed by atoms with Gasteiger partial charge in [-0.05, 0) is 17.9 Å². The molecule has 102 valence electrons. The van der Waals surface area contributed by atoms with Gasteiger partial charge in [0.1, 0.15) is 0 Å². The van der Waals surface area contributed by atoms with Crippen LogP contribution in [0.15, 0.2) is 17.5 Å². The highest BCUT2D eigenvalue weighted by molar-refractivity contribution is 7.99. The number of rotatable bonds is 9. The molecule has 2 N–H and O–H groups in total. The van der Waals surface area contributed by atoms with Gasteiger partial charge in [0, 0.05) is 24.3 Å². The van der Waals surface area contributed by atoms with Crippen LogP contribution in [0.3, 0.4) is 0 Å². The Morgan fingerprint density at radius 3 is 3.11 bits per heavy atom. The Kier molecular flexibility index (Phi) is 8.08. The van der Waals surface area contributed by atoms with Crippen molar-refractivity contribution in [2.24, 2.45) is 0 Å². The number of aliphatic hydroxyl groups excluding tert-OH is 1. The summed E-state index contributed by atoms with van der Waals surface area (Å²) in [6.45, 7) is 0.485. The molecule has 4 nitrogen and oxygen atoms in total. The van der Waals surface area contributed by atoms with Gasteiger partial charge in [-0.1, -0.05) is 6.07 Å². The zero-order valence-electron chi connectivity index (χ0n) is 10.4. The maximum atomic E-state index is 11.7. The number of hydrogen-bond acceptors (Lipinski definition) is 5. The van der Waals surface area contributed by atoms with Gasteiger partial charge >= 0.3 is 0 Å². The molecule has 0 aliphatic rings. The third-order valence-electron chi connectivity index (χ3n) is 2.27. The van der Waals surface area contributed by atoms with Crippen LogP contribution in [0.1, 0.15) is 11.3 Å². The van der Waals surface area contributed by atoms with E-state index in [0.29, 0.717) is 18.8 Å². The summed E-state index contributed by atoms with van der Waals surface area (Å²) < 4.78 is 4.99. The SMILES string of the molecule is COCC(CCO)NC(=O)CSCc1cccs1. The van der Waals surface area contributed by atoms with Gasteiger partial charge in [-0.15, -0.1) is 23.1 Å². The molecule has 1 unspecified atom stereocenters. The van der Waals surface area contributed by atoms with Crippen molar-refractivity contribution in [3.8, 4) is 0 Å². The molecule has 0 aromatic carbocycles.